The second kappa shape index (κ2) is 5.48. The first kappa shape index (κ1) is 14.1. The van der Waals surface area contributed by atoms with Gasteiger partial charge in [-0.05, 0) is 53.8 Å². The van der Waals surface area contributed by atoms with Crippen molar-refractivity contribution in [1.29, 1.82) is 0 Å². The van der Waals surface area contributed by atoms with Crippen LogP contribution in [0.3, 0.4) is 0 Å². The van der Waals surface area contributed by atoms with Gasteiger partial charge in [-0.3, -0.25) is 9.59 Å². The maximum absolute atomic E-state index is 12.4. The molecule has 1 aromatic heterocycles. The van der Waals surface area contributed by atoms with Crippen LogP contribution in [0.5, 0.6) is 0 Å². The molecule has 1 saturated carbocycles. The number of hydrogen-bond acceptors (Lipinski definition) is 3. The Labute approximate surface area is 126 Å². The molecule has 1 amide bonds. The van der Waals surface area contributed by atoms with Crippen molar-refractivity contribution in [3.05, 3.63) is 29.6 Å². The van der Waals surface area contributed by atoms with Crippen LogP contribution in [0.2, 0.25) is 0 Å². The number of hydrogen-bond donors (Lipinski definition) is 2. The van der Waals surface area contributed by atoms with Crippen LogP contribution < -0.4 is 5.32 Å². The number of thiophene rings is 1. The van der Waals surface area contributed by atoms with E-state index in [4.69, 9.17) is 0 Å². The molecule has 0 bridgehead atoms. The lowest BCUT2D eigenvalue weighted by molar-refractivity contribution is -0.145. The molecule has 21 heavy (non-hydrogen) atoms. The Morgan fingerprint density at radius 1 is 1.24 bits per heavy atom. The van der Waals surface area contributed by atoms with E-state index in [2.05, 4.69) is 5.32 Å². The molecular formula is C16H17NO3S. The average Bonchev–Trinajstić information content (AvgIpc) is 3.04. The van der Waals surface area contributed by atoms with E-state index >= 15 is 0 Å². The fourth-order valence-corrected chi connectivity index (χ4v) is 3.90. The summed E-state index contributed by atoms with van der Waals surface area (Å²) in [6.07, 6.45) is 1.22. The summed E-state index contributed by atoms with van der Waals surface area (Å²) in [4.78, 5) is 23.7. The van der Waals surface area contributed by atoms with E-state index in [0.717, 1.165) is 11.1 Å². The molecule has 1 aliphatic rings. The zero-order valence-corrected chi connectivity index (χ0v) is 12.5. The fraction of sp³-hybridized carbons (Fsp3) is 0.375. The highest BCUT2D eigenvalue weighted by Crippen LogP contribution is 2.37. The van der Waals surface area contributed by atoms with Crippen LogP contribution in [-0.4, -0.2) is 17.0 Å². The van der Waals surface area contributed by atoms with Crippen molar-refractivity contribution in [2.24, 2.45) is 17.8 Å². The lowest BCUT2D eigenvalue weighted by Crippen LogP contribution is -2.29. The Balaban J connectivity index is 1.77. The standard InChI is InChI=1S/C16H17NO3S/c1-9-6-12(13(7-9)16(19)20)15(18)17-11-2-3-14-10(8-11)4-5-21-14/h2-5,8-9,12-13H,6-7H2,1H3,(H,17,18)(H,19,20)/t9?,12-,13+/m0/s1. The molecule has 1 fully saturated rings. The van der Waals surface area contributed by atoms with E-state index in [-0.39, 0.29) is 11.8 Å². The highest BCUT2D eigenvalue weighted by molar-refractivity contribution is 7.17. The second-order valence-electron chi connectivity index (χ2n) is 5.79. The van der Waals surface area contributed by atoms with Gasteiger partial charge in [-0.2, -0.15) is 0 Å². The number of rotatable bonds is 3. The summed E-state index contributed by atoms with van der Waals surface area (Å²) in [5.74, 6) is -1.77. The van der Waals surface area contributed by atoms with Crippen molar-refractivity contribution in [3.63, 3.8) is 0 Å². The Morgan fingerprint density at radius 2 is 2.00 bits per heavy atom. The third kappa shape index (κ3) is 2.78. The lowest BCUT2D eigenvalue weighted by Gasteiger charge is -2.15. The third-order valence-corrected chi connectivity index (χ3v) is 5.07. The number of aliphatic carboxylic acids is 1. The molecule has 1 heterocycles. The van der Waals surface area contributed by atoms with Gasteiger partial charge in [0.1, 0.15) is 0 Å². The minimum atomic E-state index is -0.868. The molecule has 0 saturated heterocycles. The number of carbonyl (C=O) groups excluding carboxylic acids is 1. The zero-order chi connectivity index (χ0) is 15.0. The van der Waals surface area contributed by atoms with Crippen molar-refractivity contribution in [2.45, 2.75) is 19.8 Å². The van der Waals surface area contributed by atoms with Crippen LogP contribution in [-0.2, 0) is 9.59 Å². The number of benzene rings is 1. The minimum absolute atomic E-state index is 0.179. The summed E-state index contributed by atoms with van der Waals surface area (Å²) in [7, 11) is 0. The topological polar surface area (TPSA) is 66.4 Å². The van der Waals surface area contributed by atoms with Gasteiger partial charge in [0, 0.05) is 10.4 Å². The van der Waals surface area contributed by atoms with E-state index in [1.54, 1.807) is 11.3 Å². The first-order chi connectivity index (χ1) is 10.0. The smallest absolute Gasteiger partial charge is 0.307 e. The molecule has 1 aromatic carbocycles. The van der Waals surface area contributed by atoms with E-state index < -0.39 is 17.8 Å². The fourth-order valence-electron chi connectivity index (χ4n) is 3.13. The molecule has 0 radical (unpaired) electrons. The number of carboxylic acid groups (broad SMARTS) is 1. The Morgan fingerprint density at radius 3 is 2.76 bits per heavy atom. The van der Waals surface area contributed by atoms with Crippen LogP contribution in [0, 0.1) is 17.8 Å². The largest absolute Gasteiger partial charge is 0.481 e. The van der Waals surface area contributed by atoms with Crippen LogP contribution in [0.15, 0.2) is 29.6 Å². The average molecular weight is 303 g/mol. The first-order valence-corrected chi connectivity index (χ1v) is 7.93. The van der Waals surface area contributed by atoms with Crippen LogP contribution >= 0.6 is 11.3 Å². The van der Waals surface area contributed by atoms with E-state index in [0.29, 0.717) is 12.8 Å². The van der Waals surface area contributed by atoms with Gasteiger partial charge in [0.25, 0.3) is 0 Å². The lowest BCUT2D eigenvalue weighted by atomic mass is 9.95. The van der Waals surface area contributed by atoms with Gasteiger partial charge in [0.05, 0.1) is 11.8 Å². The van der Waals surface area contributed by atoms with Gasteiger partial charge in [0.15, 0.2) is 0 Å². The number of carbonyl (C=O) groups is 2. The van der Waals surface area contributed by atoms with Crippen molar-refractivity contribution < 1.29 is 14.7 Å². The van der Waals surface area contributed by atoms with E-state index in [9.17, 15) is 14.7 Å². The number of carboxylic acids is 1. The predicted octanol–water partition coefficient (Wildman–Crippen LogP) is 3.59. The maximum atomic E-state index is 12.4. The van der Waals surface area contributed by atoms with Crippen LogP contribution in [0.25, 0.3) is 10.1 Å². The highest BCUT2D eigenvalue weighted by Gasteiger charge is 2.41. The molecule has 0 aliphatic heterocycles. The molecule has 1 unspecified atom stereocenters. The quantitative estimate of drug-likeness (QED) is 0.910. The Bertz CT molecular complexity index is 694. The van der Waals surface area contributed by atoms with E-state index in [1.807, 2.05) is 36.6 Å². The Kier molecular flexibility index (Phi) is 3.68. The Hall–Kier alpha value is -1.88. The predicted molar refractivity (Wildman–Crippen MR) is 83.5 cm³/mol. The summed E-state index contributed by atoms with van der Waals surface area (Å²) < 4.78 is 1.17. The number of nitrogens with one attached hydrogen (secondary N) is 1. The molecule has 5 heteroatoms. The van der Waals surface area contributed by atoms with Gasteiger partial charge < -0.3 is 10.4 Å². The minimum Gasteiger partial charge on any atom is -0.481 e. The van der Waals surface area contributed by atoms with Crippen LogP contribution in [0.4, 0.5) is 5.69 Å². The van der Waals surface area contributed by atoms with Crippen LogP contribution in [0.1, 0.15) is 19.8 Å². The maximum Gasteiger partial charge on any atom is 0.307 e. The van der Waals surface area contributed by atoms with Crippen molar-refractivity contribution in [1.82, 2.24) is 0 Å². The normalized spacial score (nSPS) is 25.1. The van der Waals surface area contributed by atoms with Gasteiger partial charge in [-0.1, -0.05) is 6.92 Å². The molecule has 2 aromatic rings. The molecule has 3 rings (SSSR count). The van der Waals surface area contributed by atoms with Gasteiger partial charge in [-0.15, -0.1) is 11.3 Å². The summed E-state index contributed by atoms with van der Waals surface area (Å²) in [5.41, 5.74) is 0.731. The number of fused-ring (bicyclic) bond motifs is 1. The zero-order valence-electron chi connectivity index (χ0n) is 11.7. The van der Waals surface area contributed by atoms with Gasteiger partial charge in [-0.25, -0.2) is 0 Å². The number of anilines is 1. The molecule has 1 aliphatic carbocycles. The van der Waals surface area contributed by atoms with Crippen molar-refractivity contribution in [3.8, 4) is 0 Å². The summed E-state index contributed by atoms with van der Waals surface area (Å²) in [6, 6.07) is 7.78. The number of amides is 1. The van der Waals surface area contributed by atoms with Gasteiger partial charge in [0.2, 0.25) is 5.91 Å². The molecule has 3 atom stereocenters. The van der Waals surface area contributed by atoms with Crippen molar-refractivity contribution >= 4 is 39.0 Å². The summed E-state index contributed by atoms with van der Waals surface area (Å²) >= 11 is 1.65. The second-order valence-corrected chi connectivity index (χ2v) is 6.74. The SMILES string of the molecule is CC1C[C@H](C(=O)Nc2ccc3sccc3c2)[C@H](C(=O)O)C1. The highest BCUT2D eigenvalue weighted by atomic mass is 32.1. The third-order valence-electron chi connectivity index (χ3n) is 4.17. The molecule has 0 spiro atoms. The van der Waals surface area contributed by atoms with E-state index in [1.165, 1.54) is 4.70 Å². The summed E-state index contributed by atoms with van der Waals surface area (Å²) in [6.45, 7) is 2.00. The summed E-state index contributed by atoms with van der Waals surface area (Å²) in [5, 5.41) is 15.2. The monoisotopic (exact) mass is 303 g/mol. The molecule has 4 nitrogen and oxygen atoms in total. The van der Waals surface area contributed by atoms with Gasteiger partial charge >= 0.3 is 5.97 Å². The molecular weight excluding hydrogens is 286 g/mol. The molecule has 110 valence electrons. The first-order valence-electron chi connectivity index (χ1n) is 7.05. The van der Waals surface area contributed by atoms with Crippen molar-refractivity contribution in [2.75, 3.05) is 5.32 Å². The molecule has 2 N–H and O–H groups in total.